The summed E-state index contributed by atoms with van der Waals surface area (Å²) in [5.74, 6) is 0.727. The number of carbonyl (C=O) groups excluding carboxylic acids is 1. The fourth-order valence-corrected chi connectivity index (χ4v) is 4.18. The maximum absolute atomic E-state index is 13.0. The Labute approximate surface area is 228 Å². The summed E-state index contributed by atoms with van der Waals surface area (Å²) in [6.45, 7) is 2.39. The van der Waals surface area contributed by atoms with E-state index in [2.05, 4.69) is 25.4 Å². The smallest absolute Gasteiger partial charge is 0.257 e. The number of anilines is 2. The van der Waals surface area contributed by atoms with Gasteiger partial charge in [0.25, 0.3) is 5.91 Å². The second kappa shape index (κ2) is 10.0. The zero-order chi connectivity index (χ0) is 27.1. The lowest BCUT2D eigenvalue weighted by Gasteiger charge is -2.43. The van der Waals surface area contributed by atoms with Gasteiger partial charge in [-0.2, -0.15) is 5.10 Å². The van der Waals surface area contributed by atoms with Crippen LogP contribution in [0.4, 0.5) is 11.6 Å². The van der Waals surface area contributed by atoms with Crippen LogP contribution in [0.25, 0.3) is 22.0 Å². The van der Waals surface area contributed by atoms with Gasteiger partial charge in [-0.25, -0.2) is 9.97 Å². The Morgan fingerprint density at radius 1 is 0.842 bits per heavy atom. The van der Waals surface area contributed by atoms with Crippen LogP contribution < -0.4 is 10.2 Å². The van der Waals surface area contributed by atoms with Gasteiger partial charge in [0.05, 0.1) is 65.0 Å². The Kier molecular flexibility index (Phi) is 6.90. The summed E-state index contributed by atoms with van der Waals surface area (Å²) in [7, 11) is 34.4. The lowest BCUT2D eigenvalue weighted by atomic mass is 9.48. The van der Waals surface area contributed by atoms with Gasteiger partial charge in [0, 0.05) is 66.8 Å². The summed E-state index contributed by atoms with van der Waals surface area (Å²) in [5.41, 5.74) is 2.60. The van der Waals surface area contributed by atoms with Crippen molar-refractivity contribution < 1.29 is 4.79 Å². The summed E-state index contributed by atoms with van der Waals surface area (Å²) < 4.78 is 1.26. The predicted octanol–water partition coefficient (Wildman–Crippen LogP) is -0.547. The van der Waals surface area contributed by atoms with Crippen molar-refractivity contribution in [3.05, 3.63) is 60.8 Å². The van der Waals surface area contributed by atoms with Gasteiger partial charge in [-0.05, 0) is 29.5 Å². The van der Waals surface area contributed by atoms with Gasteiger partial charge >= 0.3 is 0 Å². The highest BCUT2D eigenvalue weighted by Gasteiger charge is 2.25. The van der Waals surface area contributed by atoms with Crippen molar-refractivity contribution in [3.8, 4) is 11.1 Å². The molecule has 9 nitrogen and oxygen atoms in total. The molecule has 174 valence electrons. The third-order valence-corrected chi connectivity index (χ3v) is 6.28. The van der Waals surface area contributed by atoms with E-state index in [0.29, 0.717) is 48.9 Å². The Hall–Kier alpha value is -3.46. The third-order valence-electron chi connectivity index (χ3n) is 6.28. The summed E-state index contributed by atoms with van der Waals surface area (Å²) in [5, 5.41) is 4.74. The molecule has 38 heavy (non-hydrogen) atoms. The average molecular weight is 487 g/mol. The highest BCUT2D eigenvalue weighted by Crippen LogP contribution is 2.25. The first-order valence-corrected chi connectivity index (χ1v) is 11.8. The number of hydrogen-bond donors (Lipinski definition) is 1. The average Bonchev–Trinajstić information content (AvgIpc) is 3.39. The van der Waals surface area contributed by atoms with Crippen LogP contribution in [0.5, 0.6) is 0 Å². The molecule has 0 aliphatic carbocycles. The molecule has 4 aromatic rings. The van der Waals surface area contributed by atoms with Gasteiger partial charge in [0.2, 0.25) is 0 Å². The molecule has 0 atom stereocenters. The van der Waals surface area contributed by atoms with Crippen molar-refractivity contribution in [2.75, 3.05) is 36.4 Å². The molecule has 1 fully saturated rings. The second-order valence-electron chi connectivity index (χ2n) is 9.27. The van der Waals surface area contributed by atoms with Crippen molar-refractivity contribution in [1.82, 2.24) is 29.6 Å². The topological polar surface area (TPSA) is 92.1 Å². The highest BCUT2D eigenvalue weighted by molar-refractivity contribution is 6.59. The first-order chi connectivity index (χ1) is 18.0. The second-order valence-corrected chi connectivity index (χ2v) is 9.27. The fraction of sp³-hybridized carbons (Fsp3) is 0.261. The molecule has 1 aliphatic rings. The molecule has 15 heteroatoms. The number of nitrogens with zero attached hydrogens (tertiary/aromatic N) is 7. The van der Waals surface area contributed by atoms with Gasteiger partial charge in [0.15, 0.2) is 0 Å². The lowest BCUT2D eigenvalue weighted by Crippen LogP contribution is -2.58. The summed E-state index contributed by atoms with van der Waals surface area (Å²) >= 11 is 0. The maximum atomic E-state index is 13.0. The van der Waals surface area contributed by atoms with Gasteiger partial charge in [0.1, 0.15) is 11.6 Å². The number of aromatic nitrogens is 5. The quantitative estimate of drug-likeness (QED) is 0.365. The molecule has 0 bridgehead atoms. The molecular weight excluding hydrogens is 469 g/mol. The van der Waals surface area contributed by atoms with Crippen LogP contribution in [0.1, 0.15) is 10.4 Å². The van der Waals surface area contributed by atoms with Gasteiger partial charge in [-0.3, -0.25) is 14.5 Å². The minimum absolute atomic E-state index is 0.320. The molecule has 0 unspecified atom stereocenters. The number of piperazine rings is 1. The van der Waals surface area contributed by atoms with E-state index in [1.807, 2.05) is 11.0 Å². The van der Waals surface area contributed by atoms with Crippen LogP contribution in [0.2, 0.25) is 0 Å². The Balaban J connectivity index is 1.31. The monoisotopic (exact) mass is 488 g/mol. The lowest BCUT2D eigenvalue weighted by molar-refractivity contribution is 0.102. The predicted molar refractivity (Wildman–Crippen MR) is 152 cm³/mol. The van der Waals surface area contributed by atoms with E-state index in [1.54, 1.807) is 54.1 Å². The van der Waals surface area contributed by atoms with Crippen LogP contribution in [0, 0.1) is 0 Å². The Bertz CT molecular complexity index is 1480. The van der Waals surface area contributed by atoms with Crippen molar-refractivity contribution in [3.63, 3.8) is 0 Å². The molecule has 1 N–H and O–H groups in total. The largest absolute Gasteiger partial charge is 0.354 e. The fourth-order valence-electron chi connectivity index (χ4n) is 4.18. The molecule has 1 amide bonds. The van der Waals surface area contributed by atoms with E-state index in [0.717, 1.165) is 16.5 Å². The number of fused-ring (bicyclic) bond motifs is 1. The molecule has 12 radical (unpaired) electrons. The van der Waals surface area contributed by atoms with Crippen molar-refractivity contribution in [2.45, 2.75) is 10.5 Å². The first-order valence-electron chi connectivity index (χ1n) is 11.8. The molecule has 1 saturated heterocycles. The van der Waals surface area contributed by atoms with Crippen LogP contribution >= 0.6 is 0 Å². The van der Waals surface area contributed by atoms with Crippen LogP contribution in [0.3, 0.4) is 0 Å². The third kappa shape index (κ3) is 5.67. The van der Waals surface area contributed by atoms with Crippen molar-refractivity contribution in [2.24, 2.45) is 0 Å². The van der Waals surface area contributed by atoms with Gasteiger partial charge < -0.3 is 15.1 Å². The summed E-state index contributed by atoms with van der Waals surface area (Å²) in [6.07, 6.45) is 8.09. The summed E-state index contributed by atoms with van der Waals surface area (Å²) in [6, 6.07) is 7.02. The molecule has 4 aromatic heterocycles. The van der Waals surface area contributed by atoms with Crippen LogP contribution in [0.15, 0.2) is 55.2 Å². The number of hydrogen-bond acceptors (Lipinski definition) is 7. The molecule has 5 rings (SSSR count). The molecule has 0 spiro atoms. The van der Waals surface area contributed by atoms with E-state index < -0.39 is 10.5 Å². The molecule has 0 aromatic carbocycles. The molecule has 0 saturated carbocycles. The van der Waals surface area contributed by atoms with Crippen molar-refractivity contribution in [1.29, 1.82) is 0 Å². The SMILES string of the molecule is [B]C([B])([B])N1CCN(c2cc(C(=O)Nc3cc4cc(-c5cnn(C([B])([B])[B])c5)cnc4cn3)ccn2)CC1. The van der Waals surface area contributed by atoms with Gasteiger partial charge in [-0.15, -0.1) is 0 Å². The Morgan fingerprint density at radius 3 is 2.29 bits per heavy atom. The molecule has 1 aliphatic heterocycles. The summed E-state index contributed by atoms with van der Waals surface area (Å²) in [4.78, 5) is 30.1. The normalized spacial score (nSPS) is 15.0. The van der Waals surface area contributed by atoms with Crippen molar-refractivity contribution >= 4 is 75.5 Å². The maximum Gasteiger partial charge on any atom is 0.257 e. The molecular formula is C23H18B6N8O. The molecule has 5 heterocycles. The number of amides is 1. The first kappa shape index (κ1) is 26.2. The number of pyridine rings is 3. The standard InChI is InChI=1S/C23H18B6N8O/c24-22(25,26)36-5-3-35(4-6-36)20-9-14(1-2-30-20)21(38)34-19-8-15-7-16(10-31-18(15)12-32-19)17-11-33-37(13-17)23(27,28)29/h1-2,7-13H,3-6H2,(H,32,34,38). The van der Waals surface area contributed by atoms with Crippen LogP contribution in [-0.4, -0.2) is 114 Å². The van der Waals surface area contributed by atoms with E-state index in [9.17, 15) is 4.79 Å². The minimum atomic E-state index is -1.61. The Morgan fingerprint density at radius 2 is 1.61 bits per heavy atom. The number of carbonyl (C=O) groups is 1. The van der Waals surface area contributed by atoms with E-state index in [4.69, 9.17) is 47.1 Å². The number of nitrogens with one attached hydrogen (secondary N) is 1. The van der Waals surface area contributed by atoms with E-state index >= 15 is 0 Å². The zero-order valence-corrected chi connectivity index (χ0v) is 20.5. The highest BCUT2D eigenvalue weighted by atomic mass is 16.1. The van der Waals surface area contributed by atoms with Crippen LogP contribution in [-0.2, 0) is 5.24 Å². The van der Waals surface area contributed by atoms with E-state index in [-0.39, 0.29) is 5.91 Å². The van der Waals surface area contributed by atoms with Gasteiger partial charge in [-0.1, -0.05) is 5.24 Å². The van der Waals surface area contributed by atoms with E-state index in [1.165, 1.54) is 4.68 Å². The minimum Gasteiger partial charge on any atom is -0.354 e. The number of rotatable bonds is 6. The zero-order valence-electron chi connectivity index (χ0n) is 20.5.